The predicted octanol–water partition coefficient (Wildman–Crippen LogP) is 5.21. The van der Waals surface area contributed by atoms with Crippen LogP contribution in [0, 0.1) is 11.6 Å². The summed E-state index contributed by atoms with van der Waals surface area (Å²) in [4.78, 5) is 13.1. The monoisotopic (exact) mass is 631 g/mol. The van der Waals surface area contributed by atoms with Gasteiger partial charge in [0.05, 0.1) is 22.8 Å². The van der Waals surface area contributed by atoms with E-state index in [1.54, 1.807) is 12.1 Å². The third-order valence-electron chi connectivity index (χ3n) is 7.52. The van der Waals surface area contributed by atoms with Crippen molar-refractivity contribution in [3.63, 3.8) is 0 Å². The Morgan fingerprint density at radius 1 is 1.02 bits per heavy atom. The molecule has 1 aromatic heterocycles. The molecular weight excluding hydrogens is 600 g/mol. The third kappa shape index (κ3) is 6.58. The van der Waals surface area contributed by atoms with Gasteiger partial charge in [0.25, 0.3) is 5.91 Å². The highest BCUT2D eigenvalue weighted by Crippen LogP contribution is 2.41. The molecule has 13 heteroatoms. The molecule has 1 amide bonds. The Kier molecular flexibility index (Phi) is 8.59. The van der Waals surface area contributed by atoms with E-state index >= 15 is 0 Å². The van der Waals surface area contributed by atoms with E-state index in [4.69, 9.17) is 4.42 Å². The van der Waals surface area contributed by atoms with Crippen LogP contribution in [0.2, 0.25) is 0 Å². The van der Waals surface area contributed by atoms with Crippen LogP contribution < -0.4 is 10.0 Å². The minimum absolute atomic E-state index is 0.0575. The van der Waals surface area contributed by atoms with Crippen molar-refractivity contribution in [1.29, 1.82) is 0 Å². The SMILES string of the molecule is CCS(=O)(=O)Nc1cc2oc(-c3ccc(F)cc3)c(C(=O)NC)c2cc1[C@H]1CCCN(S(=O)(=O)Cc2cccc(F)c2)C1. The molecule has 1 atom stereocenters. The van der Waals surface area contributed by atoms with Gasteiger partial charge >= 0.3 is 0 Å². The number of hydrogen-bond acceptors (Lipinski definition) is 6. The minimum atomic E-state index is -3.84. The molecule has 228 valence electrons. The van der Waals surface area contributed by atoms with Crippen molar-refractivity contribution in [2.45, 2.75) is 31.4 Å². The number of rotatable bonds is 9. The zero-order valence-corrected chi connectivity index (χ0v) is 25.2. The maximum atomic E-state index is 13.7. The number of amides is 1. The summed E-state index contributed by atoms with van der Waals surface area (Å²) in [6.07, 6.45) is 1.05. The number of furan rings is 1. The summed E-state index contributed by atoms with van der Waals surface area (Å²) < 4.78 is 89.5. The first-order valence-electron chi connectivity index (χ1n) is 13.7. The molecule has 4 aromatic rings. The normalized spacial score (nSPS) is 16.3. The molecule has 3 aromatic carbocycles. The van der Waals surface area contributed by atoms with Crippen LogP contribution in [-0.2, 0) is 25.8 Å². The molecule has 1 saturated heterocycles. The first-order chi connectivity index (χ1) is 20.4. The van der Waals surface area contributed by atoms with Gasteiger partial charge in [0.15, 0.2) is 0 Å². The summed E-state index contributed by atoms with van der Waals surface area (Å²) in [5.41, 5.74) is 1.89. The highest BCUT2D eigenvalue weighted by molar-refractivity contribution is 7.92. The second kappa shape index (κ2) is 12.1. The lowest BCUT2D eigenvalue weighted by Crippen LogP contribution is -2.40. The topological polar surface area (TPSA) is 126 Å². The van der Waals surface area contributed by atoms with Crippen LogP contribution in [0.1, 0.15) is 47.2 Å². The fourth-order valence-corrected chi connectivity index (χ4v) is 7.61. The molecule has 0 radical (unpaired) electrons. The quantitative estimate of drug-likeness (QED) is 0.261. The van der Waals surface area contributed by atoms with E-state index in [1.165, 1.54) is 66.8 Å². The average Bonchev–Trinajstić information content (AvgIpc) is 3.34. The van der Waals surface area contributed by atoms with E-state index in [2.05, 4.69) is 10.0 Å². The molecule has 5 rings (SSSR count). The van der Waals surface area contributed by atoms with Gasteiger partial charge in [0.1, 0.15) is 23.0 Å². The summed E-state index contributed by atoms with van der Waals surface area (Å²) >= 11 is 0. The molecular formula is C30H31F2N3O6S2. The van der Waals surface area contributed by atoms with Gasteiger partial charge in [-0.2, -0.15) is 0 Å². The molecule has 1 aliphatic heterocycles. The van der Waals surface area contributed by atoms with Crippen LogP contribution in [-0.4, -0.2) is 52.9 Å². The van der Waals surface area contributed by atoms with Gasteiger partial charge in [-0.1, -0.05) is 12.1 Å². The van der Waals surface area contributed by atoms with E-state index in [-0.39, 0.29) is 47.2 Å². The van der Waals surface area contributed by atoms with E-state index < -0.39 is 43.5 Å². The summed E-state index contributed by atoms with van der Waals surface area (Å²) in [6, 6.07) is 14.0. The number of carbonyl (C=O) groups is 1. The minimum Gasteiger partial charge on any atom is -0.455 e. The number of anilines is 1. The lowest BCUT2D eigenvalue weighted by Gasteiger charge is -2.33. The summed E-state index contributed by atoms with van der Waals surface area (Å²) in [5.74, 6) is -2.29. The Hall–Kier alpha value is -3.81. The van der Waals surface area contributed by atoms with Crippen molar-refractivity contribution in [3.05, 3.63) is 89.0 Å². The summed E-state index contributed by atoms with van der Waals surface area (Å²) in [6.45, 7) is 1.81. The van der Waals surface area contributed by atoms with Gasteiger partial charge in [0.2, 0.25) is 20.0 Å². The fraction of sp³-hybridized carbons (Fsp3) is 0.300. The number of halogens is 2. The highest BCUT2D eigenvalue weighted by Gasteiger charge is 2.33. The predicted molar refractivity (Wildman–Crippen MR) is 161 cm³/mol. The maximum Gasteiger partial charge on any atom is 0.255 e. The van der Waals surface area contributed by atoms with Crippen molar-refractivity contribution < 1.29 is 34.8 Å². The zero-order valence-electron chi connectivity index (χ0n) is 23.6. The number of nitrogens with zero attached hydrogens (tertiary/aromatic N) is 1. The van der Waals surface area contributed by atoms with Crippen LogP contribution in [0.3, 0.4) is 0 Å². The smallest absolute Gasteiger partial charge is 0.255 e. The highest BCUT2D eigenvalue weighted by atomic mass is 32.2. The van der Waals surface area contributed by atoms with Crippen molar-refractivity contribution in [1.82, 2.24) is 9.62 Å². The lowest BCUT2D eigenvalue weighted by atomic mass is 9.89. The van der Waals surface area contributed by atoms with Crippen molar-refractivity contribution in [3.8, 4) is 11.3 Å². The summed E-state index contributed by atoms with van der Waals surface area (Å²) in [5, 5.41) is 2.99. The first kappa shape index (κ1) is 30.6. The molecule has 0 aliphatic carbocycles. The Labute approximate surface area is 249 Å². The van der Waals surface area contributed by atoms with Crippen LogP contribution in [0.4, 0.5) is 14.5 Å². The second-order valence-electron chi connectivity index (χ2n) is 10.4. The van der Waals surface area contributed by atoms with E-state index in [1.807, 2.05) is 0 Å². The van der Waals surface area contributed by atoms with Gasteiger partial charge in [0, 0.05) is 37.2 Å². The van der Waals surface area contributed by atoms with Crippen LogP contribution >= 0.6 is 0 Å². The number of carbonyl (C=O) groups excluding carboxylic acids is 1. The van der Waals surface area contributed by atoms with Gasteiger partial charge in [-0.05, 0) is 79.3 Å². The molecule has 43 heavy (non-hydrogen) atoms. The van der Waals surface area contributed by atoms with Crippen molar-refractivity contribution in [2.75, 3.05) is 30.6 Å². The number of fused-ring (bicyclic) bond motifs is 1. The van der Waals surface area contributed by atoms with Gasteiger partial charge < -0.3 is 9.73 Å². The zero-order chi connectivity index (χ0) is 30.9. The van der Waals surface area contributed by atoms with Crippen LogP contribution in [0.5, 0.6) is 0 Å². The van der Waals surface area contributed by atoms with Gasteiger partial charge in [-0.15, -0.1) is 0 Å². The fourth-order valence-electron chi connectivity index (χ4n) is 5.36. The molecule has 9 nitrogen and oxygen atoms in total. The first-order valence-corrected chi connectivity index (χ1v) is 17.0. The van der Waals surface area contributed by atoms with Crippen molar-refractivity contribution >= 4 is 42.6 Å². The second-order valence-corrected chi connectivity index (χ2v) is 14.4. The molecule has 0 saturated carbocycles. The number of hydrogen-bond donors (Lipinski definition) is 2. The Balaban J connectivity index is 1.61. The van der Waals surface area contributed by atoms with Gasteiger partial charge in [-0.3, -0.25) is 9.52 Å². The lowest BCUT2D eigenvalue weighted by molar-refractivity contribution is 0.0964. The van der Waals surface area contributed by atoms with Crippen LogP contribution in [0.15, 0.2) is 65.1 Å². The third-order valence-corrected chi connectivity index (χ3v) is 10.6. The summed E-state index contributed by atoms with van der Waals surface area (Å²) in [7, 11) is -6.12. The standard InChI is InChI=1S/C30H31F2N3O6S2/c1-3-42(37,38)34-26-16-27-25(28(30(36)33-2)29(41-27)20-9-11-22(31)12-10-20)15-24(26)21-7-5-13-35(17-21)43(39,40)18-19-6-4-8-23(32)14-19/h4,6,8-12,14-16,21,34H,3,5,7,13,17-18H2,1-2H3,(H,33,36)/t21-/m0/s1. The number of piperidine rings is 1. The number of nitrogens with one attached hydrogen (secondary N) is 2. The van der Waals surface area contributed by atoms with E-state index in [0.717, 1.165) is 0 Å². The Morgan fingerprint density at radius 2 is 1.77 bits per heavy atom. The van der Waals surface area contributed by atoms with Crippen molar-refractivity contribution in [2.24, 2.45) is 0 Å². The van der Waals surface area contributed by atoms with E-state index in [0.29, 0.717) is 34.9 Å². The average molecular weight is 632 g/mol. The molecule has 0 unspecified atom stereocenters. The molecule has 0 spiro atoms. The Morgan fingerprint density at radius 3 is 2.44 bits per heavy atom. The molecule has 2 N–H and O–H groups in total. The maximum absolute atomic E-state index is 13.7. The molecule has 2 heterocycles. The Bertz CT molecular complexity index is 1890. The molecule has 0 bridgehead atoms. The number of benzene rings is 3. The molecule has 1 fully saturated rings. The van der Waals surface area contributed by atoms with Gasteiger partial charge in [-0.25, -0.2) is 29.9 Å². The number of sulfonamides is 2. The largest absolute Gasteiger partial charge is 0.455 e. The van der Waals surface area contributed by atoms with E-state index in [9.17, 15) is 30.4 Å². The van der Waals surface area contributed by atoms with Crippen LogP contribution in [0.25, 0.3) is 22.3 Å². The molecule has 1 aliphatic rings.